The minimum absolute atomic E-state index is 0.00948. The van der Waals surface area contributed by atoms with Crippen LogP contribution < -0.4 is 5.32 Å². The first kappa shape index (κ1) is 21.6. The molecule has 166 valence electrons. The lowest BCUT2D eigenvalue weighted by Gasteiger charge is -2.49. The number of nitrogens with one attached hydrogen (secondary N) is 1. The minimum atomic E-state index is -1.13. The molecule has 0 radical (unpaired) electrons. The fourth-order valence-electron chi connectivity index (χ4n) is 4.09. The summed E-state index contributed by atoms with van der Waals surface area (Å²) in [6.45, 7) is 0. The van der Waals surface area contributed by atoms with Gasteiger partial charge < -0.3 is 10.4 Å². The molecule has 1 saturated heterocycles. The Morgan fingerprint density at radius 1 is 1.03 bits per heavy atom. The molecule has 0 aliphatic carbocycles. The molecule has 0 bridgehead atoms. The summed E-state index contributed by atoms with van der Waals surface area (Å²) in [6, 6.07) is 22.4. The normalized spacial score (nSPS) is 19.8. The molecule has 8 heteroatoms. The highest BCUT2D eigenvalue weighted by Crippen LogP contribution is 2.46. The summed E-state index contributed by atoms with van der Waals surface area (Å²) < 4.78 is 0. The molecule has 2 atom stereocenters. The third-order valence-corrected chi connectivity index (χ3v) is 8.27. The van der Waals surface area contributed by atoms with Gasteiger partial charge in [0.05, 0.1) is 6.42 Å². The summed E-state index contributed by atoms with van der Waals surface area (Å²) in [7, 11) is 0. The van der Waals surface area contributed by atoms with Gasteiger partial charge in [-0.2, -0.15) is 0 Å². The predicted octanol–water partition coefficient (Wildman–Crippen LogP) is 3.87. The Morgan fingerprint density at radius 2 is 1.76 bits per heavy atom. The first-order chi connectivity index (χ1) is 16.0. The monoisotopic (exact) mass is 476 g/mol. The summed E-state index contributed by atoms with van der Waals surface area (Å²) in [5.74, 6) is -1.32. The molecule has 6 nitrogen and oxygen atoms in total. The van der Waals surface area contributed by atoms with E-state index in [1.807, 2.05) is 72.8 Å². The van der Waals surface area contributed by atoms with Gasteiger partial charge in [-0.3, -0.25) is 14.5 Å². The molecule has 0 saturated carbocycles. The van der Waals surface area contributed by atoms with Crippen LogP contribution >= 0.6 is 23.5 Å². The van der Waals surface area contributed by atoms with Crippen LogP contribution in [0.25, 0.3) is 10.8 Å². The zero-order valence-electron chi connectivity index (χ0n) is 17.4. The van der Waals surface area contributed by atoms with Gasteiger partial charge in [0.1, 0.15) is 17.1 Å². The van der Waals surface area contributed by atoms with Gasteiger partial charge in [0, 0.05) is 15.6 Å². The van der Waals surface area contributed by atoms with Gasteiger partial charge in [0.25, 0.3) is 5.91 Å². The Labute approximate surface area is 199 Å². The van der Waals surface area contributed by atoms with Crippen LogP contribution in [0, 0.1) is 0 Å². The van der Waals surface area contributed by atoms with Gasteiger partial charge in [-0.15, -0.1) is 11.8 Å². The molecule has 2 N–H and O–H groups in total. The van der Waals surface area contributed by atoms with E-state index in [0.29, 0.717) is 10.7 Å². The first-order valence-corrected chi connectivity index (χ1v) is 12.3. The highest BCUT2D eigenvalue weighted by Gasteiger charge is 2.54. The van der Waals surface area contributed by atoms with Crippen molar-refractivity contribution in [3.8, 4) is 0 Å². The Balaban J connectivity index is 1.36. The van der Waals surface area contributed by atoms with E-state index < -0.39 is 17.4 Å². The summed E-state index contributed by atoms with van der Waals surface area (Å²) >= 11 is 2.86. The van der Waals surface area contributed by atoms with Gasteiger partial charge in [-0.25, -0.2) is 4.79 Å². The Kier molecular flexibility index (Phi) is 5.86. The average Bonchev–Trinajstić information content (AvgIpc) is 2.83. The fourth-order valence-corrected chi connectivity index (χ4v) is 6.72. The topological polar surface area (TPSA) is 86.7 Å². The second-order valence-corrected chi connectivity index (χ2v) is 10.0. The van der Waals surface area contributed by atoms with Gasteiger partial charge >= 0.3 is 5.97 Å². The number of carbonyl (C=O) groups is 3. The maximum atomic E-state index is 12.9. The molecule has 0 unspecified atom stereocenters. The highest BCUT2D eigenvalue weighted by atomic mass is 32.2. The molecule has 2 amide bonds. The minimum Gasteiger partial charge on any atom is -0.477 e. The number of nitrogens with zero attached hydrogens (tertiary/aromatic N) is 1. The third-order valence-electron chi connectivity index (χ3n) is 5.64. The number of hydrogen-bond acceptors (Lipinski definition) is 5. The van der Waals surface area contributed by atoms with Crippen molar-refractivity contribution in [2.75, 3.05) is 5.75 Å². The molecular weight excluding hydrogens is 456 g/mol. The standard InChI is InChI=1S/C25H20N2O4S2/c28-20(13-15-7-2-1-3-8-15)26-21-23(29)27-22(25(30)31)19(14-32-24(21)27)33-18-12-6-10-16-9-4-5-11-17(16)18/h1-12,21,24H,13-14H2,(H,26,28)(H,30,31)/t21-,24+/m1/s1. The maximum absolute atomic E-state index is 12.9. The van der Waals surface area contributed by atoms with Crippen LogP contribution in [0.5, 0.6) is 0 Å². The molecule has 3 aromatic rings. The van der Waals surface area contributed by atoms with Crippen LogP contribution in [0.1, 0.15) is 5.56 Å². The van der Waals surface area contributed by atoms with Crippen LogP contribution in [0.15, 0.2) is 88.3 Å². The van der Waals surface area contributed by atoms with E-state index >= 15 is 0 Å². The molecule has 2 aliphatic rings. The number of hydrogen-bond donors (Lipinski definition) is 2. The molecule has 0 spiro atoms. The number of β-lactam (4-membered cyclic amide) rings is 1. The van der Waals surface area contributed by atoms with E-state index in [1.165, 1.54) is 28.4 Å². The predicted molar refractivity (Wildman–Crippen MR) is 130 cm³/mol. The van der Waals surface area contributed by atoms with E-state index in [0.717, 1.165) is 21.2 Å². The van der Waals surface area contributed by atoms with Crippen LogP contribution in [0.2, 0.25) is 0 Å². The molecule has 5 rings (SSSR count). The number of rotatable bonds is 6. The van der Waals surface area contributed by atoms with Crippen molar-refractivity contribution in [1.29, 1.82) is 0 Å². The first-order valence-electron chi connectivity index (χ1n) is 10.4. The van der Waals surface area contributed by atoms with E-state index in [1.54, 1.807) is 0 Å². The van der Waals surface area contributed by atoms with E-state index in [2.05, 4.69) is 5.32 Å². The maximum Gasteiger partial charge on any atom is 0.353 e. The molecule has 0 aromatic heterocycles. The van der Waals surface area contributed by atoms with Crippen molar-refractivity contribution < 1.29 is 19.5 Å². The van der Waals surface area contributed by atoms with E-state index in [4.69, 9.17) is 0 Å². The fraction of sp³-hybridized carbons (Fsp3) is 0.160. The number of carbonyl (C=O) groups excluding carboxylic acids is 2. The van der Waals surface area contributed by atoms with Crippen LogP contribution in [-0.2, 0) is 20.8 Å². The Hall–Kier alpha value is -3.23. The molecule has 1 fully saturated rings. The third kappa shape index (κ3) is 4.12. The number of benzene rings is 3. The number of fused-ring (bicyclic) bond motifs is 2. The second kappa shape index (κ2) is 8.96. The molecular formula is C25H20N2O4S2. The number of carboxylic acids is 1. The highest BCUT2D eigenvalue weighted by molar-refractivity contribution is 8.06. The van der Waals surface area contributed by atoms with Crippen molar-refractivity contribution in [2.24, 2.45) is 0 Å². The van der Waals surface area contributed by atoms with Crippen LogP contribution in [-0.4, -0.2) is 45.0 Å². The van der Waals surface area contributed by atoms with Crippen molar-refractivity contribution >= 4 is 52.1 Å². The second-order valence-electron chi connectivity index (χ2n) is 7.77. The van der Waals surface area contributed by atoms with Crippen LogP contribution in [0.3, 0.4) is 0 Å². The average molecular weight is 477 g/mol. The van der Waals surface area contributed by atoms with Crippen molar-refractivity contribution in [1.82, 2.24) is 10.2 Å². The molecule has 2 heterocycles. The number of amides is 2. The number of aliphatic carboxylic acids is 1. The smallest absolute Gasteiger partial charge is 0.353 e. The van der Waals surface area contributed by atoms with Crippen LogP contribution in [0.4, 0.5) is 0 Å². The SMILES string of the molecule is O=C(Cc1ccccc1)N[C@@H]1C(=O)N2C(C(=O)O)=C(Sc3cccc4ccccc34)CS[C@@H]12. The van der Waals surface area contributed by atoms with Gasteiger partial charge in [-0.05, 0) is 22.4 Å². The Bertz CT molecular complexity index is 1290. The van der Waals surface area contributed by atoms with Crippen molar-refractivity contribution in [2.45, 2.75) is 22.7 Å². The summed E-state index contributed by atoms with van der Waals surface area (Å²) in [6.07, 6.45) is 0.172. The largest absolute Gasteiger partial charge is 0.477 e. The van der Waals surface area contributed by atoms with Gasteiger partial charge in [0.15, 0.2) is 0 Å². The number of carboxylic acid groups (broad SMARTS) is 1. The number of thioether (sulfide) groups is 2. The van der Waals surface area contributed by atoms with E-state index in [9.17, 15) is 19.5 Å². The van der Waals surface area contributed by atoms with E-state index in [-0.39, 0.29) is 23.9 Å². The van der Waals surface area contributed by atoms with Crippen molar-refractivity contribution in [3.63, 3.8) is 0 Å². The zero-order valence-corrected chi connectivity index (χ0v) is 19.1. The molecule has 2 aliphatic heterocycles. The molecule has 3 aromatic carbocycles. The lowest BCUT2D eigenvalue weighted by atomic mass is 10.0. The summed E-state index contributed by atoms with van der Waals surface area (Å²) in [4.78, 5) is 40.4. The van der Waals surface area contributed by atoms with Gasteiger partial charge in [0.2, 0.25) is 5.91 Å². The summed E-state index contributed by atoms with van der Waals surface area (Å²) in [5.41, 5.74) is 0.866. The van der Waals surface area contributed by atoms with Gasteiger partial charge in [-0.1, -0.05) is 78.5 Å². The van der Waals surface area contributed by atoms with Crippen molar-refractivity contribution in [3.05, 3.63) is 89.0 Å². The lowest BCUT2D eigenvalue weighted by molar-refractivity contribution is -0.150. The Morgan fingerprint density at radius 3 is 2.55 bits per heavy atom. The lowest BCUT2D eigenvalue weighted by Crippen LogP contribution is -2.70. The summed E-state index contributed by atoms with van der Waals surface area (Å²) in [5, 5.41) is 14.4. The zero-order chi connectivity index (χ0) is 22.9. The quantitative estimate of drug-likeness (QED) is 0.526. The molecule has 33 heavy (non-hydrogen) atoms.